The van der Waals surface area contributed by atoms with Gasteiger partial charge in [-0.15, -0.1) is 0 Å². The van der Waals surface area contributed by atoms with Crippen LogP contribution in [0.1, 0.15) is 77.0 Å². The number of amides is 2. The molecule has 38 heavy (non-hydrogen) atoms. The predicted molar refractivity (Wildman–Crippen MR) is 146 cm³/mol. The summed E-state index contributed by atoms with van der Waals surface area (Å²) < 4.78 is 15.8. The summed E-state index contributed by atoms with van der Waals surface area (Å²) in [6.07, 6.45) is 2.10. The first-order valence-electron chi connectivity index (χ1n) is 13.9. The van der Waals surface area contributed by atoms with Gasteiger partial charge in [-0.1, -0.05) is 19.8 Å². The van der Waals surface area contributed by atoms with Gasteiger partial charge < -0.3 is 30.1 Å². The number of aromatic nitrogens is 2. The number of imidazole rings is 1. The molecule has 2 aromatic rings. The van der Waals surface area contributed by atoms with E-state index in [0.717, 1.165) is 36.1 Å². The first kappa shape index (κ1) is 29.7. The fraction of sp³-hybridized carbons (Fsp3) is 0.679. The summed E-state index contributed by atoms with van der Waals surface area (Å²) in [7, 11) is 0. The molecule has 3 rings (SSSR count). The highest BCUT2D eigenvalue weighted by molar-refractivity contribution is 6.00. The first-order valence-corrected chi connectivity index (χ1v) is 13.9. The topological polar surface area (TPSA) is 114 Å². The molecule has 2 amide bonds. The first-order chi connectivity index (χ1) is 18.0. The molecule has 1 aromatic heterocycles. The van der Waals surface area contributed by atoms with Gasteiger partial charge in [-0.3, -0.25) is 4.79 Å². The standard InChI is InChI=1S/C28H46N5O5/c1-7-9-10-15-37-24-17-23-22(32(8-2)25(18-29)33(23)19-20(3)34)16-21(24)26(35)30-11-13-31(14-12-30)27(36)38-28(4,5)6/h16-17,20,34H,7-15,18-19,29H2,1-6H3/q+1/t20-/m0/s1. The molecule has 0 spiro atoms. The van der Waals surface area contributed by atoms with Gasteiger partial charge >= 0.3 is 6.09 Å². The van der Waals surface area contributed by atoms with Crippen LogP contribution < -0.4 is 15.0 Å². The van der Waals surface area contributed by atoms with Gasteiger partial charge in [0.2, 0.25) is 0 Å². The molecule has 3 N–H and O–H groups in total. The second-order valence-corrected chi connectivity index (χ2v) is 11.0. The van der Waals surface area contributed by atoms with Gasteiger partial charge in [0, 0.05) is 38.3 Å². The maximum absolute atomic E-state index is 13.8. The molecule has 0 bridgehead atoms. The lowest BCUT2D eigenvalue weighted by Crippen LogP contribution is -2.51. The number of hydrogen-bond acceptors (Lipinski definition) is 6. The average molecular weight is 533 g/mol. The Hall–Kier alpha value is -2.85. The Kier molecular flexibility index (Phi) is 10.0. The number of ether oxygens (including phenoxy) is 2. The summed E-state index contributed by atoms with van der Waals surface area (Å²) in [5.41, 5.74) is 7.83. The third-order valence-electron chi connectivity index (χ3n) is 6.68. The van der Waals surface area contributed by atoms with E-state index in [2.05, 4.69) is 11.5 Å². The Morgan fingerprint density at radius 3 is 2.32 bits per heavy atom. The number of rotatable bonds is 10. The van der Waals surface area contributed by atoms with E-state index >= 15 is 0 Å². The van der Waals surface area contributed by atoms with Crippen LogP contribution in [0.15, 0.2) is 12.1 Å². The molecular weight excluding hydrogens is 486 g/mol. The number of piperazine rings is 1. The molecule has 1 fully saturated rings. The maximum Gasteiger partial charge on any atom is 0.410 e. The lowest BCUT2D eigenvalue weighted by Gasteiger charge is -2.35. The molecule has 212 valence electrons. The summed E-state index contributed by atoms with van der Waals surface area (Å²) in [6, 6.07) is 3.81. The van der Waals surface area contributed by atoms with Crippen molar-refractivity contribution in [3.05, 3.63) is 23.5 Å². The number of nitrogens with two attached hydrogens (primary N) is 1. The minimum absolute atomic E-state index is 0.124. The highest BCUT2D eigenvalue weighted by atomic mass is 16.6. The fourth-order valence-electron chi connectivity index (χ4n) is 4.86. The minimum atomic E-state index is -0.565. The number of carbonyl (C=O) groups excluding carboxylic acids is 2. The Morgan fingerprint density at radius 2 is 1.76 bits per heavy atom. The number of aliphatic hydroxyl groups is 1. The van der Waals surface area contributed by atoms with Crippen LogP contribution in [-0.4, -0.2) is 76.0 Å². The molecule has 10 heteroatoms. The number of fused-ring (bicyclic) bond motifs is 1. The van der Waals surface area contributed by atoms with Crippen molar-refractivity contribution in [2.75, 3.05) is 32.8 Å². The number of nitrogens with zero attached hydrogens (tertiary/aromatic N) is 4. The molecule has 10 nitrogen and oxygen atoms in total. The van der Waals surface area contributed by atoms with Crippen molar-refractivity contribution in [1.29, 1.82) is 0 Å². The van der Waals surface area contributed by atoms with Crippen LogP contribution >= 0.6 is 0 Å². The lowest BCUT2D eigenvalue weighted by atomic mass is 10.1. The third-order valence-corrected chi connectivity index (χ3v) is 6.68. The normalized spacial score (nSPS) is 15.2. The van der Waals surface area contributed by atoms with E-state index in [4.69, 9.17) is 15.2 Å². The van der Waals surface area contributed by atoms with Gasteiger partial charge in [0.1, 0.15) is 17.9 Å². The van der Waals surface area contributed by atoms with Crippen molar-refractivity contribution in [1.82, 2.24) is 14.4 Å². The van der Waals surface area contributed by atoms with Crippen molar-refractivity contribution >= 4 is 23.0 Å². The molecule has 0 unspecified atom stereocenters. The molecule has 1 aliphatic heterocycles. The van der Waals surface area contributed by atoms with Gasteiger partial charge in [0.05, 0.1) is 31.4 Å². The van der Waals surface area contributed by atoms with Crippen molar-refractivity contribution in [3.8, 4) is 5.75 Å². The summed E-state index contributed by atoms with van der Waals surface area (Å²) in [4.78, 5) is 29.7. The summed E-state index contributed by atoms with van der Waals surface area (Å²) in [6.45, 7) is 15.0. The lowest BCUT2D eigenvalue weighted by molar-refractivity contribution is -0.676. The van der Waals surface area contributed by atoms with Crippen LogP contribution in [0.4, 0.5) is 4.79 Å². The van der Waals surface area contributed by atoms with Gasteiger partial charge in [-0.2, -0.15) is 0 Å². The highest BCUT2D eigenvalue weighted by Crippen LogP contribution is 2.29. The fourth-order valence-corrected chi connectivity index (χ4v) is 4.86. The molecule has 1 aliphatic rings. The van der Waals surface area contributed by atoms with E-state index in [1.165, 1.54) is 0 Å². The number of carbonyl (C=O) groups is 2. The van der Waals surface area contributed by atoms with E-state index in [0.29, 0.717) is 63.7 Å². The molecule has 2 heterocycles. The Balaban J connectivity index is 1.95. The van der Waals surface area contributed by atoms with Crippen LogP contribution in [0, 0.1) is 0 Å². The quantitative estimate of drug-likeness (QED) is 0.359. The van der Waals surface area contributed by atoms with Crippen molar-refractivity contribution in [2.45, 2.75) is 92.1 Å². The summed E-state index contributed by atoms with van der Waals surface area (Å²) >= 11 is 0. The molecule has 0 saturated carbocycles. The average Bonchev–Trinajstić information content (AvgIpc) is 3.15. The summed E-state index contributed by atoms with van der Waals surface area (Å²) in [5.74, 6) is 1.29. The Labute approximate surface area is 226 Å². The van der Waals surface area contributed by atoms with Crippen molar-refractivity contribution in [3.63, 3.8) is 0 Å². The van der Waals surface area contributed by atoms with Crippen molar-refractivity contribution < 1.29 is 28.7 Å². The predicted octanol–water partition coefficient (Wildman–Crippen LogP) is 3.05. The van der Waals surface area contributed by atoms with Crippen LogP contribution in [0.5, 0.6) is 5.75 Å². The van der Waals surface area contributed by atoms with E-state index in [1.807, 2.05) is 44.4 Å². The third kappa shape index (κ3) is 6.96. The number of unbranched alkanes of at least 4 members (excludes halogenated alkanes) is 2. The number of aryl methyl sites for hydroxylation is 1. The molecule has 0 radical (unpaired) electrons. The van der Waals surface area contributed by atoms with Crippen molar-refractivity contribution in [2.24, 2.45) is 5.73 Å². The number of benzene rings is 1. The Morgan fingerprint density at radius 1 is 1.11 bits per heavy atom. The number of hydrogen-bond donors (Lipinski definition) is 2. The zero-order chi connectivity index (χ0) is 28.0. The molecule has 0 aliphatic carbocycles. The van der Waals surface area contributed by atoms with E-state index in [9.17, 15) is 14.7 Å². The monoisotopic (exact) mass is 532 g/mol. The zero-order valence-electron chi connectivity index (χ0n) is 24.0. The van der Waals surface area contributed by atoms with E-state index < -0.39 is 11.7 Å². The molecular formula is C28H46N5O5+. The second kappa shape index (κ2) is 12.8. The molecule has 1 aromatic carbocycles. The maximum atomic E-state index is 13.8. The summed E-state index contributed by atoms with van der Waals surface area (Å²) in [5, 5.41) is 10.2. The van der Waals surface area contributed by atoms with Crippen LogP contribution in [0.2, 0.25) is 0 Å². The van der Waals surface area contributed by atoms with Gasteiger partial charge in [-0.25, -0.2) is 13.9 Å². The number of aliphatic hydroxyl groups excluding tert-OH is 1. The SMILES string of the molecule is CCCCCOc1cc2c(cc1C(=O)N1CCN(C(=O)OC(C)(C)C)CC1)[n+](CC)c(CN)n2C[C@H](C)O. The van der Waals surface area contributed by atoms with Gasteiger partial charge in [-0.05, 0) is 41.0 Å². The van der Waals surface area contributed by atoms with Gasteiger partial charge in [0.15, 0.2) is 11.0 Å². The van der Waals surface area contributed by atoms with E-state index in [-0.39, 0.29) is 12.0 Å². The largest absolute Gasteiger partial charge is 0.493 e. The minimum Gasteiger partial charge on any atom is -0.493 e. The molecule has 1 saturated heterocycles. The van der Waals surface area contributed by atoms with Crippen LogP contribution in [0.25, 0.3) is 11.0 Å². The van der Waals surface area contributed by atoms with Crippen LogP contribution in [0.3, 0.4) is 0 Å². The zero-order valence-corrected chi connectivity index (χ0v) is 24.0. The van der Waals surface area contributed by atoms with Crippen LogP contribution in [-0.2, 0) is 24.4 Å². The smallest absolute Gasteiger partial charge is 0.410 e. The second-order valence-electron chi connectivity index (χ2n) is 11.0. The molecule has 1 atom stereocenters. The Bertz CT molecular complexity index is 1110. The highest BCUT2D eigenvalue weighted by Gasteiger charge is 2.32. The van der Waals surface area contributed by atoms with E-state index in [1.54, 1.807) is 16.7 Å². The van der Waals surface area contributed by atoms with Gasteiger partial charge in [0.25, 0.3) is 11.7 Å².